The Morgan fingerprint density at radius 3 is 2.14 bits per heavy atom. The molecule has 118 valence electrons. The van der Waals surface area contributed by atoms with Gasteiger partial charge in [-0.15, -0.1) is 0 Å². The van der Waals surface area contributed by atoms with Crippen molar-refractivity contribution in [2.45, 2.75) is 31.6 Å². The largest absolute Gasteiger partial charge is 0.343 e. The summed E-state index contributed by atoms with van der Waals surface area (Å²) in [4.78, 5) is 11.8. The average molecular weight is 334 g/mol. The van der Waals surface area contributed by atoms with E-state index in [1.165, 1.54) is 24.3 Å². The van der Waals surface area contributed by atoms with Crippen molar-refractivity contribution in [2.24, 2.45) is 0 Å². The number of nitrogens with one attached hydrogen (secondary N) is 2. The number of carbonyl (C=O) groups is 1. The van der Waals surface area contributed by atoms with E-state index in [0.29, 0.717) is 18.1 Å². The van der Waals surface area contributed by atoms with Gasteiger partial charge in [-0.25, -0.2) is 22.9 Å². The molecule has 1 aromatic rings. The monoisotopic (exact) mass is 333 g/mol. The molecule has 2 amide bonds. The van der Waals surface area contributed by atoms with E-state index in [1.807, 2.05) is 18.6 Å². The Bertz CT molecular complexity index is 555. The van der Waals surface area contributed by atoms with E-state index in [2.05, 4.69) is 5.43 Å². The van der Waals surface area contributed by atoms with Crippen LogP contribution in [-0.4, -0.2) is 32.5 Å². The topological polar surface area (TPSA) is 78.5 Å². The van der Waals surface area contributed by atoms with Crippen molar-refractivity contribution in [3.05, 3.63) is 29.3 Å². The molecule has 0 radical (unpaired) electrons. The summed E-state index contributed by atoms with van der Waals surface area (Å²) in [5.41, 5.74) is 2.53. The molecule has 0 aliphatic rings. The zero-order chi connectivity index (χ0) is 15.9. The molecule has 0 aliphatic heterocycles. The van der Waals surface area contributed by atoms with E-state index in [4.69, 9.17) is 11.6 Å². The molecule has 0 fully saturated rings. The second-order valence-electron chi connectivity index (χ2n) is 4.49. The molecule has 0 bridgehead atoms. The zero-order valence-corrected chi connectivity index (χ0v) is 13.7. The molecule has 0 saturated heterocycles. The van der Waals surface area contributed by atoms with E-state index >= 15 is 0 Å². The highest BCUT2D eigenvalue weighted by Crippen LogP contribution is 2.13. The molecule has 0 heterocycles. The minimum Gasteiger partial charge on any atom is -0.270 e. The lowest BCUT2D eigenvalue weighted by molar-refractivity contribution is 0.180. The normalized spacial score (nSPS) is 11.4. The zero-order valence-electron chi connectivity index (χ0n) is 12.1. The van der Waals surface area contributed by atoms with E-state index in [0.717, 1.165) is 12.8 Å². The van der Waals surface area contributed by atoms with Crippen molar-refractivity contribution in [2.75, 3.05) is 13.1 Å². The Morgan fingerprint density at radius 1 is 1.14 bits per heavy atom. The van der Waals surface area contributed by atoms with Crippen LogP contribution in [0.2, 0.25) is 5.02 Å². The number of hydrogen-bond acceptors (Lipinski definition) is 4. The number of sulfonamides is 1. The van der Waals surface area contributed by atoms with Crippen LogP contribution in [0.25, 0.3) is 0 Å². The van der Waals surface area contributed by atoms with E-state index in [9.17, 15) is 13.2 Å². The molecule has 6 nitrogen and oxygen atoms in total. The predicted octanol–water partition coefficient (Wildman–Crippen LogP) is 2.36. The molecule has 1 rings (SSSR count). The minimum atomic E-state index is -3.90. The number of amides is 2. The smallest absolute Gasteiger partial charge is 0.270 e. The third-order valence-electron chi connectivity index (χ3n) is 2.60. The summed E-state index contributed by atoms with van der Waals surface area (Å²) < 4.78 is 26.0. The van der Waals surface area contributed by atoms with Crippen molar-refractivity contribution < 1.29 is 13.2 Å². The molecular weight excluding hydrogens is 314 g/mol. The fourth-order valence-electron chi connectivity index (χ4n) is 1.72. The summed E-state index contributed by atoms with van der Waals surface area (Å²) in [5.74, 6) is 0. The third-order valence-corrected chi connectivity index (χ3v) is 4.20. The first-order valence-corrected chi connectivity index (χ1v) is 8.59. The number of hydrogen-bond donors (Lipinski definition) is 2. The maximum atomic E-state index is 12.0. The molecule has 2 N–H and O–H groups in total. The second-order valence-corrected chi connectivity index (χ2v) is 6.61. The molecule has 0 unspecified atom stereocenters. The minimum absolute atomic E-state index is 0.0143. The van der Waals surface area contributed by atoms with Crippen molar-refractivity contribution in [1.82, 2.24) is 15.2 Å². The summed E-state index contributed by atoms with van der Waals surface area (Å²) >= 11 is 5.70. The third kappa shape index (κ3) is 5.91. The van der Waals surface area contributed by atoms with Crippen LogP contribution in [-0.2, 0) is 10.0 Å². The molecule has 0 aliphatic carbocycles. The summed E-state index contributed by atoms with van der Waals surface area (Å²) in [6, 6.07) is 4.82. The maximum Gasteiger partial charge on any atom is 0.343 e. The highest BCUT2D eigenvalue weighted by Gasteiger charge is 2.18. The van der Waals surface area contributed by atoms with Crippen LogP contribution < -0.4 is 10.1 Å². The molecule has 21 heavy (non-hydrogen) atoms. The van der Waals surface area contributed by atoms with Crippen LogP contribution >= 0.6 is 11.6 Å². The van der Waals surface area contributed by atoms with E-state index < -0.39 is 16.1 Å². The average Bonchev–Trinajstić information content (AvgIpc) is 2.39. The number of hydrazine groups is 1. The Kier molecular flexibility index (Phi) is 6.94. The predicted molar refractivity (Wildman–Crippen MR) is 82.5 cm³/mol. The number of benzene rings is 1. The summed E-state index contributed by atoms with van der Waals surface area (Å²) in [7, 11) is -3.90. The Labute approximate surface area is 130 Å². The van der Waals surface area contributed by atoms with Gasteiger partial charge in [0.05, 0.1) is 4.90 Å². The van der Waals surface area contributed by atoms with Crippen LogP contribution in [0.1, 0.15) is 26.7 Å². The van der Waals surface area contributed by atoms with Crippen LogP contribution in [0.15, 0.2) is 29.2 Å². The van der Waals surface area contributed by atoms with Gasteiger partial charge in [-0.05, 0) is 37.1 Å². The Morgan fingerprint density at radius 2 is 1.67 bits per heavy atom. The first-order valence-electron chi connectivity index (χ1n) is 6.73. The van der Waals surface area contributed by atoms with Gasteiger partial charge in [-0.1, -0.05) is 25.4 Å². The summed E-state index contributed by atoms with van der Waals surface area (Å²) in [5, 5.41) is 2.11. The van der Waals surface area contributed by atoms with Gasteiger partial charge in [0, 0.05) is 18.1 Å². The van der Waals surface area contributed by atoms with Gasteiger partial charge >= 0.3 is 6.03 Å². The first-order chi connectivity index (χ1) is 9.89. The standard InChI is InChI=1S/C13H20ClN3O3S/c1-3-9-17(10-4-2)15-13(18)16-21(19,20)12-7-5-11(14)6-8-12/h5-8H,3-4,9-10H2,1-2H3,(H2,15,16,18). The second kappa shape index (κ2) is 8.21. The van der Waals surface area contributed by atoms with Gasteiger partial charge in [0.25, 0.3) is 10.0 Å². The lowest BCUT2D eigenvalue weighted by atomic mass is 10.4. The Balaban J connectivity index is 2.70. The molecule has 0 aromatic heterocycles. The van der Waals surface area contributed by atoms with Gasteiger partial charge in [0.2, 0.25) is 0 Å². The van der Waals surface area contributed by atoms with Crippen LogP contribution in [0.4, 0.5) is 4.79 Å². The number of carbonyl (C=O) groups excluding carboxylic acids is 1. The summed E-state index contributed by atoms with van der Waals surface area (Å²) in [6.07, 6.45) is 1.70. The lowest BCUT2D eigenvalue weighted by Crippen LogP contribution is -2.49. The number of nitrogens with zero attached hydrogens (tertiary/aromatic N) is 1. The van der Waals surface area contributed by atoms with Crippen molar-refractivity contribution in [3.8, 4) is 0 Å². The molecule has 1 aromatic carbocycles. The summed E-state index contributed by atoms with van der Waals surface area (Å²) in [6.45, 7) is 5.27. The molecule has 8 heteroatoms. The van der Waals surface area contributed by atoms with Gasteiger partial charge < -0.3 is 0 Å². The fourth-order valence-corrected chi connectivity index (χ4v) is 2.75. The first kappa shape index (κ1) is 17.7. The fraction of sp³-hybridized carbons (Fsp3) is 0.462. The Hall–Kier alpha value is -1.31. The van der Waals surface area contributed by atoms with Crippen molar-refractivity contribution >= 4 is 27.7 Å². The van der Waals surface area contributed by atoms with Gasteiger partial charge in [-0.2, -0.15) is 0 Å². The number of halogens is 1. The molecule has 0 atom stereocenters. The van der Waals surface area contributed by atoms with E-state index in [1.54, 1.807) is 5.01 Å². The van der Waals surface area contributed by atoms with E-state index in [-0.39, 0.29) is 4.90 Å². The lowest BCUT2D eigenvalue weighted by Gasteiger charge is -2.21. The van der Waals surface area contributed by atoms with Crippen molar-refractivity contribution in [3.63, 3.8) is 0 Å². The van der Waals surface area contributed by atoms with Crippen LogP contribution in [0, 0.1) is 0 Å². The van der Waals surface area contributed by atoms with Gasteiger partial charge in [-0.3, -0.25) is 5.43 Å². The van der Waals surface area contributed by atoms with Gasteiger partial charge in [0.1, 0.15) is 0 Å². The van der Waals surface area contributed by atoms with Crippen LogP contribution in [0.5, 0.6) is 0 Å². The highest BCUT2D eigenvalue weighted by molar-refractivity contribution is 7.90. The molecule has 0 spiro atoms. The highest BCUT2D eigenvalue weighted by atomic mass is 35.5. The maximum absolute atomic E-state index is 12.0. The number of rotatable bonds is 7. The van der Waals surface area contributed by atoms with Gasteiger partial charge in [0.15, 0.2) is 0 Å². The SMILES string of the molecule is CCCN(CCC)NC(=O)NS(=O)(=O)c1ccc(Cl)cc1. The number of urea groups is 1. The molecule has 0 saturated carbocycles. The molecular formula is C13H20ClN3O3S. The van der Waals surface area contributed by atoms with Crippen molar-refractivity contribution in [1.29, 1.82) is 0 Å². The quantitative estimate of drug-likeness (QED) is 0.751. The van der Waals surface area contributed by atoms with Crippen LogP contribution in [0.3, 0.4) is 0 Å².